The number of nitrogens with two attached hydrogens (primary N) is 1. The fourth-order valence-electron chi connectivity index (χ4n) is 3.84. The Hall–Kier alpha value is -2.34. The van der Waals surface area contributed by atoms with Crippen molar-refractivity contribution in [3.63, 3.8) is 0 Å². The maximum atomic E-state index is 12.2. The molecular weight excluding hydrogens is 304 g/mol. The number of hydrogen-bond donors (Lipinski definition) is 1. The Morgan fingerprint density at radius 3 is 2.71 bits per heavy atom. The molecule has 6 nitrogen and oxygen atoms in total. The quantitative estimate of drug-likeness (QED) is 0.912. The van der Waals surface area contributed by atoms with Crippen LogP contribution in [0.3, 0.4) is 0 Å². The van der Waals surface area contributed by atoms with E-state index in [1.807, 2.05) is 44.3 Å². The first-order chi connectivity index (χ1) is 11.5. The van der Waals surface area contributed by atoms with Gasteiger partial charge in [-0.2, -0.15) is 5.10 Å². The number of likely N-dealkylation sites (tertiary alicyclic amines) is 1. The Morgan fingerprint density at radius 2 is 2.08 bits per heavy atom. The minimum Gasteiger partial charge on any atom is -0.481 e. The number of ether oxygens (including phenoxy) is 1. The number of primary amides is 1. The molecule has 1 fully saturated rings. The first-order valence-corrected chi connectivity index (χ1v) is 8.22. The predicted molar refractivity (Wildman–Crippen MR) is 91.6 cm³/mol. The highest BCUT2D eigenvalue weighted by Crippen LogP contribution is 2.43. The Labute approximate surface area is 142 Å². The van der Waals surface area contributed by atoms with Crippen LogP contribution >= 0.6 is 0 Å². The SMILES string of the molecule is COc1c([C@H]2CCCN2[C@@H](C(N)=O)c2ccccc2)c(C)nn1C. The van der Waals surface area contributed by atoms with Crippen LogP contribution in [0.25, 0.3) is 0 Å². The normalized spacial score (nSPS) is 19.4. The molecule has 0 saturated carbocycles. The predicted octanol–water partition coefficient (Wildman–Crippen LogP) is 2.10. The molecule has 1 aliphatic heterocycles. The van der Waals surface area contributed by atoms with Crippen LogP contribution in [-0.2, 0) is 11.8 Å². The molecule has 1 aliphatic rings. The van der Waals surface area contributed by atoms with Crippen molar-refractivity contribution in [3.8, 4) is 5.88 Å². The molecule has 6 heteroatoms. The van der Waals surface area contributed by atoms with Crippen molar-refractivity contribution in [2.24, 2.45) is 12.8 Å². The molecule has 2 atom stereocenters. The van der Waals surface area contributed by atoms with E-state index in [1.54, 1.807) is 11.8 Å². The van der Waals surface area contributed by atoms with E-state index in [2.05, 4.69) is 10.00 Å². The van der Waals surface area contributed by atoms with Crippen molar-refractivity contribution in [2.75, 3.05) is 13.7 Å². The van der Waals surface area contributed by atoms with Crippen LogP contribution in [0.5, 0.6) is 5.88 Å². The van der Waals surface area contributed by atoms with Gasteiger partial charge in [0.25, 0.3) is 0 Å². The standard InChI is InChI=1S/C18H24N4O2/c1-12-15(18(24-3)21(2)20-12)14-10-7-11-22(14)16(17(19)23)13-8-5-4-6-9-13/h4-6,8-9,14,16H,7,10-11H2,1-3H3,(H2,19,23)/t14-,16-/m1/s1. The highest BCUT2D eigenvalue weighted by Gasteiger charge is 2.38. The molecule has 1 aromatic carbocycles. The van der Waals surface area contributed by atoms with Gasteiger partial charge in [0.15, 0.2) is 0 Å². The lowest BCUT2D eigenvalue weighted by Crippen LogP contribution is -2.37. The fraction of sp³-hybridized carbons (Fsp3) is 0.444. The largest absolute Gasteiger partial charge is 0.481 e. The molecule has 0 unspecified atom stereocenters. The van der Waals surface area contributed by atoms with Gasteiger partial charge in [0.05, 0.1) is 18.4 Å². The monoisotopic (exact) mass is 328 g/mol. The number of carbonyl (C=O) groups is 1. The Bertz CT molecular complexity index is 726. The summed E-state index contributed by atoms with van der Waals surface area (Å²) in [6.07, 6.45) is 1.97. The molecule has 24 heavy (non-hydrogen) atoms. The van der Waals surface area contributed by atoms with Crippen LogP contribution in [0.15, 0.2) is 30.3 Å². The highest BCUT2D eigenvalue weighted by molar-refractivity contribution is 5.81. The van der Waals surface area contributed by atoms with Crippen molar-refractivity contribution in [3.05, 3.63) is 47.2 Å². The van der Waals surface area contributed by atoms with Crippen LogP contribution in [0, 0.1) is 6.92 Å². The Morgan fingerprint density at radius 1 is 1.38 bits per heavy atom. The second-order valence-electron chi connectivity index (χ2n) is 6.24. The number of benzene rings is 1. The van der Waals surface area contributed by atoms with Crippen LogP contribution < -0.4 is 10.5 Å². The molecule has 3 rings (SSSR count). The number of amides is 1. The second-order valence-corrected chi connectivity index (χ2v) is 6.24. The maximum Gasteiger partial charge on any atom is 0.239 e. The van der Waals surface area contributed by atoms with Crippen molar-refractivity contribution in [1.29, 1.82) is 0 Å². The summed E-state index contributed by atoms with van der Waals surface area (Å²) >= 11 is 0. The minimum absolute atomic E-state index is 0.0753. The number of hydrogen-bond acceptors (Lipinski definition) is 4. The van der Waals surface area contributed by atoms with Gasteiger partial charge in [-0.25, -0.2) is 4.68 Å². The summed E-state index contributed by atoms with van der Waals surface area (Å²) in [5.41, 5.74) is 8.69. The zero-order valence-electron chi connectivity index (χ0n) is 14.4. The van der Waals surface area contributed by atoms with Gasteiger partial charge in [-0.05, 0) is 31.9 Å². The topological polar surface area (TPSA) is 73.4 Å². The molecule has 128 valence electrons. The molecule has 1 aromatic heterocycles. The Kier molecular flexibility index (Phi) is 4.57. The van der Waals surface area contributed by atoms with E-state index >= 15 is 0 Å². The third-order valence-electron chi connectivity index (χ3n) is 4.75. The van der Waals surface area contributed by atoms with Crippen LogP contribution in [0.1, 0.15) is 41.7 Å². The number of methoxy groups -OCH3 is 1. The minimum atomic E-state index is -0.442. The average molecular weight is 328 g/mol. The molecule has 0 bridgehead atoms. The summed E-state index contributed by atoms with van der Waals surface area (Å²) in [5, 5.41) is 4.49. The van der Waals surface area contributed by atoms with Gasteiger partial charge in [-0.15, -0.1) is 0 Å². The van der Waals surface area contributed by atoms with Gasteiger partial charge < -0.3 is 10.5 Å². The van der Waals surface area contributed by atoms with Gasteiger partial charge >= 0.3 is 0 Å². The molecule has 1 saturated heterocycles. The fourth-order valence-corrected chi connectivity index (χ4v) is 3.84. The number of carbonyl (C=O) groups excluding carboxylic acids is 1. The van der Waals surface area contributed by atoms with Gasteiger partial charge in [0, 0.05) is 13.1 Å². The summed E-state index contributed by atoms with van der Waals surface area (Å²) < 4.78 is 7.31. The molecule has 0 spiro atoms. The lowest BCUT2D eigenvalue weighted by atomic mass is 10.00. The van der Waals surface area contributed by atoms with Gasteiger partial charge in [-0.3, -0.25) is 9.69 Å². The van der Waals surface area contributed by atoms with Crippen molar-refractivity contribution in [1.82, 2.24) is 14.7 Å². The van der Waals surface area contributed by atoms with Crippen LogP contribution in [0.2, 0.25) is 0 Å². The van der Waals surface area contributed by atoms with Gasteiger partial charge in [0.1, 0.15) is 6.04 Å². The van der Waals surface area contributed by atoms with Gasteiger partial charge in [0.2, 0.25) is 11.8 Å². The third kappa shape index (κ3) is 2.78. The summed E-state index contributed by atoms with van der Waals surface area (Å²) in [4.78, 5) is 14.4. The summed E-state index contributed by atoms with van der Waals surface area (Å²) in [7, 11) is 3.53. The zero-order valence-corrected chi connectivity index (χ0v) is 14.4. The molecule has 2 aromatic rings. The molecule has 0 radical (unpaired) electrons. The summed E-state index contributed by atoms with van der Waals surface area (Å²) in [6, 6.07) is 9.36. The molecule has 0 aliphatic carbocycles. The molecule has 1 amide bonds. The van der Waals surface area contributed by atoms with E-state index < -0.39 is 6.04 Å². The third-order valence-corrected chi connectivity index (χ3v) is 4.75. The second kappa shape index (κ2) is 6.65. The average Bonchev–Trinajstić information content (AvgIpc) is 3.11. The van der Waals surface area contributed by atoms with E-state index in [0.29, 0.717) is 0 Å². The first-order valence-electron chi connectivity index (χ1n) is 8.22. The van der Waals surface area contributed by atoms with Crippen molar-refractivity contribution >= 4 is 5.91 Å². The van der Waals surface area contributed by atoms with E-state index in [9.17, 15) is 4.79 Å². The van der Waals surface area contributed by atoms with Crippen LogP contribution in [-0.4, -0.2) is 34.2 Å². The Balaban J connectivity index is 2.02. The molecule has 2 heterocycles. The number of aryl methyl sites for hydroxylation is 2. The van der Waals surface area contributed by atoms with Crippen LogP contribution in [0.4, 0.5) is 0 Å². The zero-order chi connectivity index (χ0) is 17.3. The highest BCUT2D eigenvalue weighted by atomic mass is 16.5. The van der Waals surface area contributed by atoms with E-state index in [0.717, 1.165) is 42.1 Å². The van der Waals surface area contributed by atoms with E-state index in [4.69, 9.17) is 10.5 Å². The van der Waals surface area contributed by atoms with Gasteiger partial charge in [-0.1, -0.05) is 30.3 Å². The first kappa shape index (κ1) is 16.5. The lowest BCUT2D eigenvalue weighted by molar-refractivity contribution is -0.123. The lowest BCUT2D eigenvalue weighted by Gasteiger charge is -2.31. The summed E-state index contributed by atoms with van der Waals surface area (Å²) in [6.45, 7) is 2.81. The number of rotatable bonds is 5. The summed E-state index contributed by atoms with van der Waals surface area (Å²) in [5.74, 6) is 0.425. The van der Waals surface area contributed by atoms with E-state index in [1.165, 1.54) is 0 Å². The van der Waals surface area contributed by atoms with E-state index in [-0.39, 0.29) is 11.9 Å². The number of nitrogens with zero attached hydrogens (tertiary/aromatic N) is 3. The van der Waals surface area contributed by atoms with Crippen molar-refractivity contribution < 1.29 is 9.53 Å². The van der Waals surface area contributed by atoms with Crippen molar-refractivity contribution in [2.45, 2.75) is 31.8 Å². The molecule has 2 N–H and O–H groups in total. The number of aromatic nitrogens is 2. The smallest absolute Gasteiger partial charge is 0.239 e. The maximum absolute atomic E-state index is 12.2. The molecular formula is C18H24N4O2.